The van der Waals surface area contributed by atoms with E-state index in [0.29, 0.717) is 0 Å². The Balaban J connectivity index is 2.37. The van der Waals surface area contributed by atoms with Crippen LogP contribution < -0.4 is 5.32 Å². The van der Waals surface area contributed by atoms with E-state index in [1.54, 1.807) is 0 Å². The number of sulfone groups is 1. The molecule has 2 rings (SSSR count). The first-order valence-electron chi connectivity index (χ1n) is 5.94. The van der Waals surface area contributed by atoms with Gasteiger partial charge in [-0.15, -0.1) is 0 Å². The van der Waals surface area contributed by atoms with E-state index in [0.717, 1.165) is 18.4 Å². The lowest BCUT2D eigenvalue weighted by atomic mass is 10.2. The highest BCUT2D eigenvalue weighted by Gasteiger charge is 2.16. The molecule has 22 heavy (non-hydrogen) atoms. The molecule has 0 aliphatic rings. The predicted molar refractivity (Wildman–Crippen MR) is 83.9 cm³/mol. The van der Waals surface area contributed by atoms with Gasteiger partial charge in [0.25, 0.3) is 5.91 Å². The Morgan fingerprint density at radius 3 is 2.41 bits per heavy atom. The minimum absolute atomic E-state index is 0.0549. The summed E-state index contributed by atoms with van der Waals surface area (Å²) in [4.78, 5) is 12.1. The van der Waals surface area contributed by atoms with E-state index >= 15 is 0 Å². The van der Waals surface area contributed by atoms with Crippen LogP contribution in [0.5, 0.6) is 0 Å². The van der Waals surface area contributed by atoms with Crippen LogP contribution >= 0.6 is 23.2 Å². The Bertz CT molecular complexity index is 853. The van der Waals surface area contributed by atoms with Gasteiger partial charge >= 0.3 is 0 Å². The molecule has 2 aromatic carbocycles. The fourth-order valence-corrected chi connectivity index (χ4v) is 2.70. The minimum atomic E-state index is -3.49. The Morgan fingerprint density at radius 1 is 1.14 bits per heavy atom. The number of hydrogen-bond acceptors (Lipinski definition) is 3. The first-order valence-corrected chi connectivity index (χ1v) is 8.59. The van der Waals surface area contributed by atoms with Gasteiger partial charge in [0.15, 0.2) is 9.84 Å². The fourth-order valence-electron chi connectivity index (χ4n) is 1.69. The summed E-state index contributed by atoms with van der Waals surface area (Å²) < 4.78 is 36.7. The summed E-state index contributed by atoms with van der Waals surface area (Å²) in [5.41, 5.74) is -0.158. The number of nitrogens with one attached hydrogen (secondary N) is 1. The molecule has 0 heterocycles. The molecule has 0 saturated heterocycles. The Morgan fingerprint density at radius 2 is 1.82 bits per heavy atom. The second-order valence-electron chi connectivity index (χ2n) is 4.49. The van der Waals surface area contributed by atoms with E-state index in [2.05, 4.69) is 5.32 Å². The summed E-state index contributed by atoms with van der Waals surface area (Å²) >= 11 is 11.5. The van der Waals surface area contributed by atoms with Crippen LogP contribution in [0.3, 0.4) is 0 Å². The van der Waals surface area contributed by atoms with Crippen LogP contribution in [0.25, 0.3) is 0 Å². The predicted octanol–water partition coefficient (Wildman–Crippen LogP) is 3.79. The topological polar surface area (TPSA) is 63.2 Å². The van der Waals surface area contributed by atoms with Gasteiger partial charge in [-0.1, -0.05) is 23.2 Å². The van der Waals surface area contributed by atoms with Gasteiger partial charge in [0.1, 0.15) is 5.82 Å². The van der Waals surface area contributed by atoms with Gasteiger partial charge in [0.05, 0.1) is 21.2 Å². The molecule has 0 unspecified atom stereocenters. The molecule has 0 radical (unpaired) electrons. The molecule has 8 heteroatoms. The Labute approximate surface area is 136 Å². The van der Waals surface area contributed by atoms with E-state index in [4.69, 9.17) is 23.2 Å². The maximum absolute atomic E-state index is 13.7. The van der Waals surface area contributed by atoms with Crippen molar-refractivity contribution in [1.82, 2.24) is 0 Å². The molecule has 0 bridgehead atoms. The number of benzene rings is 2. The summed E-state index contributed by atoms with van der Waals surface area (Å²) in [6.45, 7) is 0. The molecular formula is C14H10Cl2FNO3S. The van der Waals surface area contributed by atoms with Crippen molar-refractivity contribution in [1.29, 1.82) is 0 Å². The number of carbonyl (C=O) groups excluding carboxylic acids is 1. The van der Waals surface area contributed by atoms with Crippen LogP contribution in [0.2, 0.25) is 10.0 Å². The zero-order chi connectivity index (χ0) is 16.5. The Hall–Kier alpha value is -1.63. The van der Waals surface area contributed by atoms with Crippen molar-refractivity contribution < 1.29 is 17.6 Å². The summed E-state index contributed by atoms with van der Waals surface area (Å²) in [5.74, 6) is -1.44. The van der Waals surface area contributed by atoms with Crippen molar-refractivity contribution >= 4 is 44.6 Å². The van der Waals surface area contributed by atoms with Gasteiger partial charge in [-0.3, -0.25) is 4.79 Å². The van der Waals surface area contributed by atoms with Crippen LogP contribution in [-0.2, 0) is 9.84 Å². The largest absolute Gasteiger partial charge is 0.319 e. The van der Waals surface area contributed by atoms with E-state index in [1.165, 1.54) is 24.3 Å². The number of amides is 1. The minimum Gasteiger partial charge on any atom is -0.319 e. The number of rotatable bonds is 3. The first kappa shape index (κ1) is 16.7. The van der Waals surface area contributed by atoms with Crippen LogP contribution in [0.15, 0.2) is 41.3 Å². The van der Waals surface area contributed by atoms with Gasteiger partial charge < -0.3 is 5.32 Å². The number of anilines is 1. The SMILES string of the molecule is CS(=O)(=O)c1ccc(Cl)c(C(=O)Nc2ccc(Cl)cc2F)c1. The molecule has 0 spiro atoms. The third-order valence-electron chi connectivity index (χ3n) is 2.79. The molecule has 1 amide bonds. The van der Waals surface area contributed by atoms with Crippen molar-refractivity contribution in [3.63, 3.8) is 0 Å². The molecule has 0 aliphatic carbocycles. The lowest BCUT2D eigenvalue weighted by Gasteiger charge is -2.09. The standard InChI is InChI=1S/C14H10Cl2FNO3S/c1-22(20,21)9-3-4-11(16)10(7-9)14(19)18-13-5-2-8(15)6-12(13)17/h2-7H,1H3,(H,18,19). The van der Waals surface area contributed by atoms with Crippen molar-refractivity contribution in [2.24, 2.45) is 0 Å². The van der Waals surface area contributed by atoms with E-state index < -0.39 is 21.6 Å². The monoisotopic (exact) mass is 361 g/mol. The number of hydrogen-bond donors (Lipinski definition) is 1. The van der Waals surface area contributed by atoms with Gasteiger partial charge in [0, 0.05) is 11.3 Å². The first-order chi connectivity index (χ1) is 10.2. The molecule has 2 aromatic rings. The second-order valence-corrected chi connectivity index (χ2v) is 7.35. The molecule has 0 aliphatic heterocycles. The zero-order valence-electron chi connectivity index (χ0n) is 11.2. The highest BCUT2D eigenvalue weighted by Crippen LogP contribution is 2.24. The van der Waals surface area contributed by atoms with Crippen LogP contribution in [0.4, 0.5) is 10.1 Å². The molecular weight excluding hydrogens is 352 g/mol. The summed E-state index contributed by atoms with van der Waals surface area (Å²) in [6.07, 6.45) is 1.01. The second kappa shape index (κ2) is 6.24. The van der Waals surface area contributed by atoms with E-state index in [9.17, 15) is 17.6 Å². The van der Waals surface area contributed by atoms with Crippen molar-refractivity contribution in [3.8, 4) is 0 Å². The molecule has 0 saturated carbocycles. The quantitative estimate of drug-likeness (QED) is 0.904. The van der Waals surface area contributed by atoms with E-state index in [-0.39, 0.29) is 26.2 Å². The Kier molecular flexibility index (Phi) is 4.75. The lowest BCUT2D eigenvalue weighted by Crippen LogP contribution is -2.14. The average Bonchev–Trinajstić information content (AvgIpc) is 2.41. The average molecular weight is 362 g/mol. The summed E-state index contributed by atoms with van der Waals surface area (Å²) in [7, 11) is -3.49. The summed E-state index contributed by atoms with van der Waals surface area (Å²) in [6, 6.07) is 7.48. The smallest absolute Gasteiger partial charge is 0.257 e. The van der Waals surface area contributed by atoms with Gasteiger partial charge in [-0.25, -0.2) is 12.8 Å². The van der Waals surface area contributed by atoms with Gasteiger partial charge in [-0.2, -0.15) is 0 Å². The zero-order valence-corrected chi connectivity index (χ0v) is 13.6. The van der Waals surface area contributed by atoms with Gasteiger partial charge in [0.2, 0.25) is 0 Å². The maximum atomic E-state index is 13.7. The molecule has 1 N–H and O–H groups in total. The third kappa shape index (κ3) is 3.76. The summed E-state index contributed by atoms with van der Waals surface area (Å²) in [5, 5.41) is 2.56. The third-order valence-corrected chi connectivity index (χ3v) is 4.46. The van der Waals surface area contributed by atoms with Crippen molar-refractivity contribution in [3.05, 3.63) is 57.8 Å². The maximum Gasteiger partial charge on any atom is 0.257 e. The molecule has 4 nitrogen and oxygen atoms in total. The van der Waals surface area contributed by atoms with Crippen molar-refractivity contribution in [2.75, 3.05) is 11.6 Å². The van der Waals surface area contributed by atoms with Crippen LogP contribution in [0.1, 0.15) is 10.4 Å². The van der Waals surface area contributed by atoms with Crippen LogP contribution in [0, 0.1) is 5.82 Å². The van der Waals surface area contributed by atoms with Crippen molar-refractivity contribution in [2.45, 2.75) is 4.90 Å². The van der Waals surface area contributed by atoms with Crippen LogP contribution in [-0.4, -0.2) is 20.6 Å². The highest BCUT2D eigenvalue weighted by molar-refractivity contribution is 7.90. The van der Waals surface area contributed by atoms with Gasteiger partial charge in [-0.05, 0) is 36.4 Å². The molecule has 0 atom stereocenters. The number of halogens is 3. The molecule has 0 aromatic heterocycles. The molecule has 116 valence electrons. The molecule has 0 fully saturated rings. The normalized spacial score (nSPS) is 11.3. The fraction of sp³-hybridized carbons (Fsp3) is 0.0714. The lowest BCUT2D eigenvalue weighted by molar-refractivity contribution is 0.102. The highest BCUT2D eigenvalue weighted by atomic mass is 35.5. The van der Waals surface area contributed by atoms with E-state index in [1.807, 2.05) is 0 Å². The number of carbonyl (C=O) groups is 1.